The topological polar surface area (TPSA) is 100 Å². The molecule has 7 nitrogen and oxygen atoms in total. The second kappa shape index (κ2) is 8.33. The fraction of sp³-hybridized carbons (Fsp3) is 0.118. The predicted molar refractivity (Wildman–Crippen MR) is 88.7 cm³/mol. The Balaban J connectivity index is 1.87. The van der Waals surface area contributed by atoms with Gasteiger partial charge in [0.25, 0.3) is 0 Å². The lowest BCUT2D eigenvalue weighted by Gasteiger charge is -2.05. The molecule has 124 valence electrons. The molecule has 0 aliphatic carbocycles. The molecule has 0 unspecified atom stereocenters. The number of rotatable bonds is 5. The van der Waals surface area contributed by atoms with Crippen LogP contribution in [0.2, 0.25) is 0 Å². The molecule has 0 radical (unpaired) electrons. The Kier molecular flexibility index (Phi) is 5.90. The summed E-state index contributed by atoms with van der Waals surface area (Å²) >= 11 is 0. The van der Waals surface area contributed by atoms with E-state index in [1.807, 2.05) is 30.3 Å². The van der Waals surface area contributed by atoms with E-state index in [-0.39, 0.29) is 18.0 Å². The van der Waals surface area contributed by atoms with Gasteiger partial charge in [-0.15, -0.1) is 0 Å². The van der Waals surface area contributed by atoms with Gasteiger partial charge < -0.3 is 15.2 Å². The number of nitrogens with zero attached hydrogens (tertiary/aromatic N) is 1. The molecule has 0 aliphatic rings. The summed E-state index contributed by atoms with van der Waals surface area (Å²) in [6.07, 6.45) is 1.22. The van der Waals surface area contributed by atoms with Crippen LogP contribution in [-0.4, -0.2) is 30.2 Å². The molecule has 0 heterocycles. The van der Waals surface area contributed by atoms with Crippen LogP contribution in [0.5, 0.6) is 11.5 Å². The first kappa shape index (κ1) is 17.0. The normalized spacial score (nSPS) is 10.4. The highest BCUT2D eigenvalue weighted by atomic mass is 16.5. The molecule has 0 fully saturated rings. The number of carbonyl (C=O) groups excluding carboxylic acids is 2. The number of ether oxygens (including phenoxy) is 1. The maximum Gasteiger partial charge on any atom is 0.329 e. The quantitative estimate of drug-likeness (QED) is 0.436. The van der Waals surface area contributed by atoms with Gasteiger partial charge in [-0.1, -0.05) is 36.4 Å². The van der Waals surface area contributed by atoms with Crippen molar-refractivity contribution in [1.82, 2.24) is 10.7 Å². The summed E-state index contributed by atoms with van der Waals surface area (Å²) in [5.74, 6) is -1.52. The van der Waals surface area contributed by atoms with Gasteiger partial charge in [0.2, 0.25) is 0 Å². The van der Waals surface area contributed by atoms with Crippen LogP contribution < -0.4 is 15.5 Å². The Morgan fingerprint density at radius 2 is 1.88 bits per heavy atom. The molecule has 2 amide bonds. The van der Waals surface area contributed by atoms with Crippen LogP contribution in [0.3, 0.4) is 0 Å². The minimum Gasteiger partial charge on any atom is -0.504 e. The van der Waals surface area contributed by atoms with E-state index >= 15 is 0 Å². The van der Waals surface area contributed by atoms with Crippen LogP contribution in [0.1, 0.15) is 11.1 Å². The molecule has 0 aliphatic heterocycles. The van der Waals surface area contributed by atoms with Gasteiger partial charge in [-0.2, -0.15) is 5.10 Å². The molecule has 3 N–H and O–H groups in total. The molecular weight excluding hydrogens is 310 g/mol. The number of hydrogen-bond donors (Lipinski definition) is 3. The third kappa shape index (κ3) is 4.57. The highest BCUT2D eigenvalue weighted by Crippen LogP contribution is 2.27. The molecular formula is C17H17N3O4. The molecule has 2 aromatic rings. The molecule has 0 spiro atoms. The minimum absolute atomic E-state index is 0.105. The van der Waals surface area contributed by atoms with Crippen molar-refractivity contribution < 1.29 is 19.4 Å². The van der Waals surface area contributed by atoms with Crippen molar-refractivity contribution >= 4 is 18.0 Å². The van der Waals surface area contributed by atoms with E-state index in [4.69, 9.17) is 4.74 Å². The molecule has 24 heavy (non-hydrogen) atoms. The molecule has 0 aromatic heterocycles. The van der Waals surface area contributed by atoms with E-state index in [1.165, 1.54) is 13.3 Å². The molecule has 2 aromatic carbocycles. The highest BCUT2D eigenvalue weighted by molar-refractivity contribution is 6.35. The summed E-state index contributed by atoms with van der Waals surface area (Å²) in [6.45, 7) is 0.244. The summed E-state index contributed by atoms with van der Waals surface area (Å²) in [6, 6.07) is 14.0. The van der Waals surface area contributed by atoms with Gasteiger partial charge in [-0.05, 0) is 17.7 Å². The lowest BCUT2D eigenvalue weighted by atomic mass is 10.2. The number of hydrogen-bond acceptors (Lipinski definition) is 5. The van der Waals surface area contributed by atoms with E-state index in [0.29, 0.717) is 5.56 Å². The molecule has 0 saturated heterocycles. The third-order valence-corrected chi connectivity index (χ3v) is 3.12. The van der Waals surface area contributed by atoms with Crippen molar-refractivity contribution in [3.63, 3.8) is 0 Å². The highest BCUT2D eigenvalue weighted by Gasteiger charge is 2.12. The van der Waals surface area contributed by atoms with Gasteiger partial charge in [0, 0.05) is 12.1 Å². The lowest BCUT2D eigenvalue weighted by Crippen LogP contribution is -2.37. The van der Waals surface area contributed by atoms with Crippen LogP contribution in [0, 0.1) is 0 Å². The number of methoxy groups -OCH3 is 1. The number of carbonyl (C=O) groups is 2. The van der Waals surface area contributed by atoms with Crippen LogP contribution in [0.25, 0.3) is 0 Å². The SMILES string of the molecule is COc1cccc(/C=N/NC(=O)C(=O)NCc2ccccc2)c1O. The number of hydrazone groups is 1. The van der Waals surface area contributed by atoms with Crippen LogP contribution in [-0.2, 0) is 16.1 Å². The van der Waals surface area contributed by atoms with Crippen molar-refractivity contribution in [2.75, 3.05) is 7.11 Å². The van der Waals surface area contributed by atoms with Crippen LogP contribution >= 0.6 is 0 Å². The van der Waals surface area contributed by atoms with Gasteiger partial charge in [0.15, 0.2) is 11.5 Å². The number of amides is 2. The van der Waals surface area contributed by atoms with E-state index in [1.54, 1.807) is 18.2 Å². The Hall–Kier alpha value is -3.35. The molecule has 2 rings (SSSR count). The first-order valence-electron chi connectivity index (χ1n) is 7.13. The molecule has 7 heteroatoms. The minimum atomic E-state index is -0.899. The standard InChI is InChI=1S/C17H17N3O4/c1-24-14-9-5-8-13(15(14)21)11-19-20-17(23)16(22)18-10-12-6-3-2-4-7-12/h2-9,11,21H,10H2,1H3,(H,18,22)(H,20,23)/b19-11+. The number of nitrogens with one attached hydrogen (secondary N) is 2. The number of benzene rings is 2. The maximum absolute atomic E-state index is 11.7. The molecule has 0 atom stereocenters. The van der Waals surface area contributed by atoms with Crippen molar-refractivity contribution in [3.8, 4) is 11.5 Å². The van der Waals surface area contributed by atoms with Crippen LogP contribution in [0.4, 0.5) is 0 Å². The fourth-order valence-corrected chi connectivity index (χ4v) is 1.88. The van der Waals surface area contributed by atoms with Gasteiger partial charge in [-0.25, -0.2) is 5.43 Å². The first-order chi connectivity index (χ1) is 11.6. The fourth-order valence-electron chi connectivity index (χ4n) is 1.88. The average Bonchev–Trinajstić information content (AvgIpc) is 2.61. The van der Waals surface area contributed by atoms with Crippen molar-refractivity contribution in [2.24, 2.45) is 5.10 Å². The van der Waals surface area contributed by atoms with Crippen molar-refractivity contribution in [1.29, 1.82) is 0 Å². The predicted octanol–water partition coefficient (Wildman–Crippen LogP) is 1.17. The third-order valence-electron chi connectivity index (χ3n) is 3.12. The lowest BCUT2D eigenvalue weighted by molar-refractivity contribution is -0.139. The zero-order chi connectivity index (χ0) is 17.4. The van der Waals surface area contributed by atoms with E-state index in [0.717, 1.165) is 5.56 Å². The number of phenolic OH excluding ortho intramolecular Hbond substituents is 1. The Labute approximate surface area is 139 Å². The Morgan fingerprint density at radius 3 is 2.58 bits per heavy atom. The molecule has 0 bridgehead atoms. The van der Waals surface area contributed by atoms with Gasteiger partial charge >= 0.3 is 11.8 Å². The second-order valence-corrected chi connectivity index (χ2v) is 4.77. The first-order valence-corrected chi connectivity index (χ1v) is 7.13. The maximum atomic E-state index is 11.7. The van der Waals surface area contributed by atoms with Gasteiger partial charge in [0.05, 0.1) is 13.3 Å². The van der Waals surface area contributed by atoms with Crippen LogP contribution in [0.15, 0.2) is 53.6 Å². The van der Waals surface area contributed by atoms with E-state index in [2.05, 4.69) is 15.8 Å². The largest absolute Gasteiger partial charge is 0.504 e. The van der Waals surface area contributed by atoms with Crippen molar-refractivity contribution in [2.45, 2.75) is 6.54 Å². The summed E-state index contributed by atoms with van der Waals surface area (Å²) < 4.78 is 4.96. The smallest absolute Gasteiger partial charge is 0.329 e. The monoisotopic (exact) mass is 327 g/mol. The zero-order valence-electron chi connectivity index (χ0n) is 13.0. The number of phenols is 1. The second-order valence-electron chi connectivity index (χ2n) is 4.77. The summed E-state index contributed by atoms with van der Waals surface area (Å²) in [4.78, 5) is 23.3. The number of para-hydroxylation sites is 1. The summed E-state index contributed by atoms with van der Waals surface area (Å²) in [5, 5.41) is 16.0. The average molecular weight is 327 g/mol. The Bertz CT molecular complexity index is 745. The molecule has 0 saturated carbocycles. The number of aromatic hydroxyl groups is 1. The van der Waals surface area contributed by atoms with Crippen molar-refractivity contribution in [3.05, 3.63) is 59.7 Å². The van der Waals surface area contributed by atoms with Gasteiger partial charge in [-0.3, -0.25) is 9.59 Å². The van der Waals surface area contributed by atoms with Gasteiger partial charge in [0.1, 0.15) is 0 Å². The Morgan fingerprint density at radius 1 is 1.12 bits per heavy atom. The van der Waals surface area contributed by atoms with E-state index in [9.17, 15) is 14.7 Å². The zero-order valence-corrected chi connectivity index (χ0v) is 13.0. The summed E-state index contributed by atoms with van der Waals surface area (Å²) in [7, 11) is 1.43. The van der Waals surface area contributed by atoms with E-state index < -0.39 is 11.8 Å². The summed E-state index contributed by atoms with van der Waals surface area (Å²) in [5.41, 5.74) is 3.32.